The summed E-state index contributed by atoms with van der Waals surface area (Å²) in [5.41, 5.74) is 1.51. The third kappa shape index (κ3) is 8.02. The maximum absolute atomic E-state index is 13.4. The Balaban J connectivity index is 2.28. The van der Waals surface area contributed by atoms with Crippen molar-refractivity contribution in [3.63, 3.8) is 0 Å². The lowest BCUT2D eigenvalue weighted by Gasteiger charge is -2.33. The molecule has 1 N–H and O–H groups in total. The largest absolute Gasteiger partial charge is 0.483 e. The van der Waals surface area contributed by atoms with Crippen molar-refractivity contribution in [2.24, 2.45) is 0 Å². The van der Waals surface area contributed by atoms with Gasteiger partial charge in [0.05, 0.1) is 4.47 Å². The zero-order valence-corrected chi connectivity index (χ0v) is 23.5. The molecule has 0 aliphatic rings. The van der Waals surface area contributed by atoms with E-state index in [0.29, 0.717) is 17.2 Å². The Morgan fingerprint density at radius 1 is 1.09 bits per heavy atom. The number of hydrogen-bond acceptors (Lipinski definition) is 3. The highest BCUT2D eigenvalue weighted by Crippen LogP contribution is 2.31. The number of nitrogens with one attached hydrogen (secondary N) is 1. The summed E-state index contributed by atoms with van der Waals surface area (Å²) in [6.45, 7) is 14.1. The third-order valence-corrected chi connectivity index (χ3v) is 6.32. The summed E-state index contributed by atoms with van der Waals surface area (Å²) in [5.74, 6) is 0.0833. The van der Waals surface area contributed by atoms with E-state index in [9.17, 15) is 9.59 Å². The van der Waals surface area contributed by atoms with Gasteiger partial charge in [-0.1, -0.05) is 63.6 Å². The first-order valence-electron chi connectivity index (χ1n) is 11.5. The number of hydrogen-bond donors (Lipinski definition) is 1. The number of halogens is 2. The lowest BCUT2D eigenvalue weighted by molar-refractivity contribution is -0.143. The van der Waals surface area contributed by atoms with Crippen molar-refractivity contribution in [3.05, 3.63) is 63.1 Å². The number of carbonyl (C=O) groups excluding carboxylic acids is 2. The summed E-state index contributed by atoms with van der Waals surface area (Å²) in [5, 5.41) is 3.54. The maximum Gasteiger partial charge on any atom is 0.261 e. The Morgan fingerprint density at radius 3 is 2.26 bits per heavy atom. The van der Waals surface area contributed by atoms with Gasteiger partial charge in [0, 0.05) is 17.1 Å². The van der Waals surface area contributed by atoms with E-state index in [-0.39, 0.29) is 30.4 Å². The summed E-state index contributed by atoms with van der Waals surface area (Å²) >= 11 is 9.93. The number of carbonyl (C=O) groups is 2. The van der Waals surface area contributed by atoms with E-state index in [2.05, 4.69) is 42.0 Å². The monoisotopic (exact) mass is 550 g/mol. The Labute approximate surface area is 217 Å². The second-order valence-electron chi connectivity index (χ2n) is 10.5. The van der Waals surface area contributed by atoms with Crippen LogP contribution in [0.2, 0.25) is 5.02 Å². The number of benzene rings is 2. The molecule has 0 saturated heterocycles. The van der Waals surface area contributed by atoms with Crippen molar-refractivity contribution in [3.8, 4) is 5.75 Å². The molecule has 2 rings (SSSR count). The van der Waals surface area contributed by atoms with Crippen LogP contribution >= 0.6 is 27.5 Å². The fourth-order valence-corrected chi connectivity index (χ4v) is 4.18. The molecular weight excluding hydrogens is 516 g/mol. The predicted molar refractivity (Wildman–Crippen MR) is 142 cm³/mol. The van der Waals surface area contributed by atoms with Crippen molar-refractivity contribution in [1.29, 1.82) is 0 Å². The quantitative estimate of drug-likeness (QED) is 0.407. The SMILES string of the molecule is CCC(C(=O)NC(C)(C)C)N(Cc1ccccc1Cl)C(=O)COc1ccc(C(C)(C)C)cc1Br. The molecule has 0 heterocycles. The Morgan fingerprint density at radius 2 is 1.74 bits per heavy atom. The normalized spacial score (nSPS) is 12.7. The summed E-state index contributed by atoms with van der Waals surface area (Å²) in [4.78, 5) is 28.0. The molecule has 1 atom stereocenters. The summed E-state index contributed by atoms with van der Waals surface area (Å²) in [7, 11) is 0. The van der Waals surface area contributed by atoms with Gasteiger partial charge in [0.15, 0.2) is 6.61 Å². The average Bonchev–Trinajstić information content (AvgIpc) is 2.71. The molecule has 0 fully saturated rings. The highest BCUT2D eigenvalue weighted by molar-refractivity contribution is 9.10. The van der Waals surface area contributed by atoms with E-state index in [1.807, 2.05) is 64.1 Å². The van der Waals surface area contributed by atoms with Crippen LogP contribution in [0, 0.1) is 0 Å². The van der Waals surface area contributed by atoms with E-state index in [1.54, 1.807) is 11.0 Å². The van der Waals surface area contributed by atoms with Crippen LogP contribution in [-0.2, 0) is 21.5 Å². The second kappa shape index (κ2) is 11.6. The number of amides is 2. The van der Waals surface area contributed by atoms with Crippen molar-refractivity contribution < 1.29 is 14.3 Å². The lowest BCUT2D eigenvalue weighted by Crippen LogP contribution is -2.54. The summed E-state index contributed by atoms with van der Waals surface area (Å²) in [6.07, 6.45) is 0.460. The van der Waals surface area contributed by atoms with Crippen molar-refractivity contribution >= 4 is 39.3 Å². The maximum atomic E-state index is 13.4. The van der Waals surface area contributed by atoms with Crippen LogP contribution in [-0.4, -0.2) is 34.9 Å². The fourth-order valence-electron chi connectivity index (χ4n) is 3.49. The zero-order chi connectivity index (χ0) is 25.7. The van der Waals surface area contributed by atoms with Gasteiger partial charge in [0.2, 0.25) is 5.91 Å². The number of nitrogens with zero attached hydrogens (tertiary/aromatic N) is 1. The van der Waals surface area contributed by atoms with E-state index >= 15 is 0 Å². The first-order chi connectivity index (χ1) is 15.7. The minimum Gasteiger partial charge on any atom is -0.483 e. The van der Waals surface area contributed by atoms with Crippen molar-refractivity contribution in [1.82, 2.24) is 10.2 Å². The van der Waals surface area contributed by atoms with Crippen LogP contribution < -0.4 is 10.1 Å². The minimum atomic E-state index is -0.654. The van der Waals surface area contributed by atoms with Crippen LogP contribution in [0.3, 0.4) is 0 Å². The lowest BCUT2D eigenvalue weighted by atomic mass is 9.87. The highest BCUT2D eigenvalue weighted by Gasteiger charge is 2.31. The van der Waals surface area contributed by atoms with Gasteiger partial charge in [-0.15, -0.1) is 0 Å². The minimum absolute atomic E-state index is 0.00260. The van der Waals surface area contributed by atoms with Crippen molar-refractivity contribution in [2.75, 3.05) is 6.61 Å². The number of ether oxygens (including phenoxy) is 1. The van der Waals surface area contributed by atoms with Crippen molar-refractivity contribution in [2.45, 2.75) is 78.4 Å². The smallest absolute Gasteiger partial charge is 0.261 e. The Kier molecular flexibility index (Phi) is 9.61. The van der Waals surface area contributed by atoms with Gasteiger partial charge in [-0.3, -0.25) is 9.59 Å². The molecule has 0 aromatic heterocycles. The molecule has 7 heteroatoms. The Bertz CT molecular complexity index is 1010. The molecule has 0 spiro atoms. The predicted octanol–water partition coefficient (Wildman–Crippen LogP) is 6.50. The summed E-state index contributed by atoms with van der Waals surface area (Å²) < 4.78 is 6.67. The van der Waals surface area contributed by atoms with Gasteiger partial charge in [0.1, 0.15) is 11.8 Å². The molecule has 0 radical (unpaired) electrons. The molecule has 0 saturated carbocycles. The molecular formula is C27H36BrClN2O3. The third-order valence-electron chi connectivity index (χ3n) is 5.33. The van der Waals surface area contributed by atoms with Crippen LogP contribution in [0.1, 0.15) is 66.0 Å². The second-order valence-corrected chi connectivity index (χ2v) is 11.7. The van der Waals surface area contributed by atoms with Gasteiger partial charge in [-0.2, -0.15) is 0 Å². The molecule has 2 aromatic carbocycles. The van der Waals surface area contributed by atoms with E-state index in [4.69, 9.17) is 16.3 Å². The molecule has 2 amide bonds. The molecule has 2 aromatic rings. The van der Waals surface area contributed by atoms with E-state index in [0.717, 1.165) is 15.6 Å². The average molecular weight is 552 g/mol. The highest BCUT2D eigenvalue weighted by atomic mass is 79.9. The van der Waals surface area contributed by atoms with Crippen LogP contribution in [0.25, 0.3) is 0 Å². The van der Waals surface area contributed by atoms with Gasteiger partial charge in [0.25, 0.3) is 5.91 Å². The van der Waals surface area contributed by atoms with Gasteiger partial charge < -0.3 is 15.0 Å². The number of rotatable bonds is 8. The molecule has 0 aliphatic heterocycles. The Hall–Kier alpha value is -2.05. The molecule has 186 valence electrons. The molecule has 5 nitrogen and oxygen atoms in total. The van der Waals surface area contributed by atoms with E-state index in [1.165, 1.54) is 0 Å². The van der Waals surface area contributed by atoms with Gasteiger partial charge in [-0.25, -0.2) is 0 Å². The molecule has 34 heavy (non-hydrogen) atoms. The molecule has 0 aliphatic carbocycles. The summed E-state index contributed by atoms with van der Waals surface area (Å²) in [6, 6.07) is 12.6. The standard InChI is InChI=1S/C27H36BrClN2O3/c1-8-22(25(33)30-27(5,6)7)31(16-18-11-9-10-12-21(18)29)24(32)17-34-23-14-13-19(15-20(23)28)26(2,3)4/h9-15,22H,8,16-17H2,1-7H3,(H,30,33). The van der Waals surface area contributed by atoms with Crippen LogP contribution in [0.15, 0.2) is 46.9 Å². The topological polar surface area (TPSA) is 58.6 Å². The van der Waals surface area contributed by atoms with Crippen LogP contribution in [0.4, 0.5) is 0 Å². The fraction of sp³-hybridized carbons (Fsp3) is 0.481. The van der Waals surface area contributed by atoms with Gasteiger partial charge in [-0.05, 0) is 77.9 Å². The van der Waals surface area contributed by atoms with Gasteiger partial charge >= 0.3 is 0 Å². The zero-order valence-electron chi connectivity index (χ0n) is 21.2. The van der Waals surface area contributed by atoms with E-state index < -0.39 is 11.6 Å². The first-order valence-corrected chi connectivity index (χ1v) is 12.7. The molecule has 0 bridgehead atoms. The molecule has 1 unspecified atom stereocenters. The van der Waals surface area contributed by atoms with Crippen LogP contribution in [0.5, 0.6) is 5.75 Å². The first kappa shape index (κ1) is 28.2.